The zero-order valence-corrected chi connectivity index (χ0v) is 19.2. The maximum absolute atomic E-state index is 14.8. The molecule has 190 valence electrons. The highest BCUT2D eigenvalue weighted by atomic mass is 19.4. The van der Waals surface area contributed by atoms with Crippen LogP contribution in [-0.4, -0.2) is 47.2 Å². The van der Waals surface area contributed by atoms with Gasteiger partial charge in [-0.2, -0.15) is 13.2 Å². The summed E-state index contributed by atoms with van der Waals surface area (Å²) >= 11 is 0. The molecule has 2 saturated heterocycles. The van der Waals surface area contributed by atoms with Gasteiger partial charge in [-0.25, -0.2) is 8.78 Å². The highest BCUT2D eigenvalue weighted by Gasteiger charge is 2.43. The van der Waals surface area contributed by atoms with Crippen molar-refractivity contribution in [3.63, 3.8) is 0 Å². The van der Waals surface area contributed by atoms with Gasteiger partial charge in [0.05, 0.1) is 30.5 Å². The van der Waals surface area contributed by atoms with Crippen molar-refractivity contribution in [1.29, 1.82) is 0 Å². The van der Waals surface area contributed by atoms with E-state index in [-0.39, 0.29) is 30.9 Å². The van der Waals surface area contributed by atoms with Gasteiger partial charge in [-0.3, -0.25) is 9.59 Å². The molecular formula is C23H24F5N3O4. The first kappa shape index (κ1) is 25.1. The first-order valence-corrected chi connectivity index (χ1v) is 11.1. The van der Waals surface area contributed by atoms with Crippen molar-refractivity contribution in [3.05, 3.63) is 51.9 Å². The maximum atomic E-state index is 14.8. The van der Waals surface area contributed by atoms with Crippen molar-refractivity contribution >= 4 is 11.8 Å². The fraction of sp³-hybridized carbons (Fsp3) is 0.522. The summed E-state index contributed by atoms with van der Waals surface area (Å²) in [6.07, 6.45) is -4.23. The number of aryl methyl sites for hydroxylation is 2. The second kappa shape index (κ2) is 9.21. The molecule has 0 radical (unpaired) electrons. The number of alkyl halides is 3. The lowest BCUT2D eigenvalue weighted by molar-refractivity contribution is -0.140. The Morgan fingerprint density at radius 3 is 2.37 bits per heavy atom. The van der Waals surface area contributed by atoms with Gasteiger partial charge in [-0.1, -0.05) is 5.16 Å². The van der Waals surface area contributed by atoms with E-state index in [1.807, 2.05) is 0 Å². The minimum atomic E-state index is -5.07. The van der Waals surface area contributed by atoms with Crippen LogP contribution in [-0.2, 0) is 15.7 Å². The third kappa shape index (κ3) is 4.63. The molecule has 1 aromatic heterocycles. The number of rotatable bonds is 5. The quantitative estimate of drug-likeness (QED) is 0.625. The van der Waals surface area contributed by atoms with Crippen LogP contribution >= 0.6 is 0 Å². The third-order valence-electron chi connectivity index (χ3n) is 6.61. The van der Waals surface area contributed by atoms with Crippen LogP contribution in [0, 0.1) is 31.4 Å². The molecule has 2 aromatic rings. The normalized spacial score (nSPS) is 21.7. The number of carbonyl (C=O) groups excluding carboxylic acids is 2. The molecule has 0 spiro atoms. The molecule has 2 aliphatic rings. The highest BCUT2D eigenvalue weighted by molar-refractivity contribution is 5.99. The Balaban J connectivity index is 1.62. The fourth-order valence-electron chi connectivity index (χ4n) is 4.66. The second-order valence-corrected chi connectivity index (χ2v) is 8.99. The Morgan fingerprint density at radius 1 is 1.14 bits per heavy atom. The zero-order valence-electron chi connectivity index (χ0n) is 19.2. The van der Waals surface area contributed by atoms with Crippen LogP contribution in [0.15, 0.2) is 16.7 Å². The zero-order chi connectivity index (χ0) is 25.7. The number of nitrogens with zero attached hydrogens (tertiary/aromatic N) is 2. The van der Waals surface area contributed by atoms with Gasteiger partial charge in [0.25, 0.3) is 5.91 Å². The summed E-state index contributed by atoms with van der Waals surface area (Å²) < 4.78 is 78.2. The molecule has 0 bridgehead atoms. The minimum absolute atomic E-state index is 0.0915. The lowest BCUT2D eigenvalue weighted by Crippen LogP contribution is -2.51. The molecule has 7 nitrogen and oxygen atoms in total. The van der Waals surface area contributed by atoms with Crippen LogP contribution < -0.4 is 5.32 Å². The van der Waals surface area contributed by atoms with Gasteiger partial charge in [0.1, 0.15) is 29.0 Å². The summed E-state index contributed by atoms with van der Waals surface area (Å²) in [5, 5.41) is 6.43. The second-order valence-electron chi connectivity index (χ2n) is 8.99. The van der Waals surface area contributed by atoms with Gasteiger partial charge in [0.2, 0.25) is 5.91 Å². The highest BCUT2D eigenvalue weighted by Crippen LogP contribution is 2.37. The van der Waals surface area contributed by atoms with Crippen molar-refractivity contribution in [2.24, 2.45) is 5.92 Å². The van der Waals surface area contributed by atoms with Crippen molar-refractivity contribution in [1.82, 2.24) is 15.4 Å². The van der Waals surface area contributed by atoms with Crippen LogP contribution in [0.2, 0.25) is 0 Å². The fourth-order valence-corrected chi connectivity index (χ4v) is 4.66. The molecule has 35 heavy (non-hydrogen) atoms. The Morgan fingerprint density at radius 2 is 1.83 bits per heavy atom. The number of hydrogen-bond donors (Lipinski definition) is 1. The van der Waals surface area contributed by atoms with Crippen LogP contribution in [0.4, 0.5) is 22.0 Å². The van der Waals surface area contributed by atoms with E-state index in [9.17, 15) is 31.5 Å². The smallest absolute Gasteiger partial charge is 0.381 e. The number of benzene rings is 1. The topological polar surface area (TPSA) is 84.7 Å². The number of hydrogen-bond acceptors (Lipinski definition) is 5. The van der Waals surface area contributed by atoms with Gasteiger partial charge >= 0.3 is 6.18 Å². The summed E-state index contributed by atoms with van der Waals surface area (Å²) in [4.78, 5) is 28.0. The minimum Gasteiger partial charge on any atom is -0.381 e. The maximum Gasteiger partial charge on any atom is 0.419 e. The van der Waals surface area contributed by atoms with Crippen LogP contribution in [0.1, 0.15) is 58.7 Å². The Bertz CT molecular complexity index is 1130. The molecule has 2 fully saturated rings. The summed E-state index contributed by atoms with van der Waals surface area (Å²) in [6, 6.07) is -1.80. The molecule has 3 heterocycles. The number of aromatic nitrogens is 1. The van der Waals surface area contributed by atoms with Crippen molar-refractivity contribution < 1.29 is 40.8 Å². The van der Waals surface area contributed by atoms with Gasteiger partial charge in [-0.05, 0) is 45.7 Å². The van der Waals surface area contributed by atoms with E-state index < -0.39 is 58.8 Å². The lowest BCUT2D eigenvalue weighted by atomic mass is 9.90. The standard InChI is InChI=1S/C23H24F5N3O4/c1-10-4-5-18(31(10)22(33)19-11(2)30-35-12(19)3)21(32)29-20(13-8-34-9-13)14-6-17(25)15(7-16(14)24)23(26,27)28/h6-7,10,13,18,20H,4-5,8-9H2,1-3H3,(H,29,32)/t10-,18-,20-/m1/s1. The molecular weight excluding hydrogens is 477 g/mol. The lowest BCUT2D eigenvalue weighted by Gasteiger charge is -2.36. The molecule has 0 unspecified atom stereocenters. The molecule has 2 aliphatic heterocycles. The van der Waals surface area contributed by atoms with Crippen molar-refractivity contribution in [2.75, 3.05) is 13.2 Å². The van der Waals surface area contributed by atoms with Crippen molar-refractivity contribution in [2.45, 2.75) is 57.9 Å². The molecule has 3 atom stereocenters. The third-order valence-corrected chi connectivity index (χ3v) is 6.61. The van der Waals surface area contributed by atoms with Gasteiger partial charge in [0, 0.05) is 17.5 Å². The van der Waals surface area contributed by atoms with Gasteiger partial charge in [0.15, 0.2) is 0 Å². The Labute approximate surface area is 197 Å². The number of nitrogens with one attached hydrogen (secondary N) is 1. The Kier molecular flexibility index (Phi) is 6.60. The van der Waals surface area contributed by atoms with E-state index in [2.05, 4.69) is 10.5 Å². The molecule has 1 aromatic carbocycles. The molecule has 12 heteroatoms. The predicted octanol–water partition coefficient (Wildman–Crippen LogP) is 4.09. The predicted molar refractivity (Wildman–Crippen MR) is 111 cm³/mol. The molecule has 2 amide bonds. The summed E-state index contributed by atoms with van der Waals surface area (Å²) in [6.45, 7) is 5.18. The summed E-state index contributed by atoms with van der Waals surface area (Å²) in [5.41, 5.74) is -1.52. The van der Waals surface area contributed by atoms with E-state index in [0.717, 1.165) is 0 Å². The molecule has 0 aliphatic carbocycles. The average molecular weight is 501 g/mol. The number of halogens is 5. The van der Waals surface area contributed by atoms with Gasteiger partial charge in [-0.15, -0.1) is 0 Å². The monoisotopic (exact) mass is 501 g/mol. The van der Waals surface area contributed by atoms with E-state index in [1.165, 1.54) is 4.90 Å². The first-order valence-electron chi connectivity index (χ1n) is 11.1. The van der Waals surface area contributed by atoms with E-state index >= 15 is 0 Å². The van der Waals surface area contributed by atoms with E-state index in [4.69, 9.17) is 9.26 Å². The van der Waals surface area contributed by atoms with Crippen LogP contribution in [0.25, 0.3) is 0 Å². The number of ether oxygens (including phenoxy) is 1. The number of carbonyl (C=O) groups is 2. The van der Waals surface area contributed by atoms with Crippen molar-refractivity contribution in [3.8, 4) is 0 Å². The molecule has 0 saturated carbocycles. The molecule has 1 N–H and O–H groups in total. The van der Waals surface area contributed by atoms with E-state index in [0.29, 0.717) is 30.4 Å². The Hall–Kier alpha value is -3.02. The van der Waals surface area contributed by atoms with Gasteiger partial charge < -0.3 is 19.5 Å². The largest absolute Gasteiger partial charge is 0.419 e. The summed E-state index contributed by atoms with van der Waals surface area (Å²) in [5.74, 6) is -4.17. The number of likely N-dealkylation sites (tertiary alicyclic amines) is 1. The summed E-state index contributed by atoms with van der Waals surface area (Å²) in [7, 11) is 0. The van der Waals surface area contributed by atoms with Crippen LogP contribution in [0.3, 0.4) is 0 Å². The van der Waals surface area contributed by atoms with Crippen LogP contribution in [0.5, 0.6) is 0 Å². The average Bonchev–Trinajstić information content (AvgIpc) is 3.28. The SMILES string of the molecule is Cc1noc(C)c1C(=O)N1[C@H](C)CC[C@@H]1C(=O)N[C@@H](c1cc(F)c(C(F)(F)F)cc1F)C1COC1. The molecule has 4 rings (SSSR count). The van der Waals surface area contributed by atoms with E-state index in [1.54, 1.807) is 20.8 Å². The first-order chi connectivity index (χ1) is 16.4. The number of amides is 2.